The Bertz CT molecular complexity index is 305. The van der Waals surface area contributed by atoms with E-state index in [0.29, 0.717) is 18.0 Å². The number of hydrogen-bond donors (Lipinski definition) is 1. The Morgan fingerprint density at radius 3 is 1.94 bits per heavy atom. The topological polar surface area (TPSA) is 12.0 Å². The zero-order valence-corrected chi connectivity index (χ0v) is 12.3. The van der Waals surface area contributed by atoms with E-state index in [-0.39, 0.29) is 0 Å². The standard InChI is InChI=1S/C16H29N/c1-8-9(2)13(6)16-15(11(8)4)12(5)10(3)14(7)17-16/h8-12,14-17H,6H2,1-5,7H3. The molecule has 0 aromatic heterocycles. The van der Waals surface area contributed by atoms with Crippen LogP contribution >= 0.6 is 0 Å². The van der Waals surface area contributed by atoms with E-state index in [1.165, 1.54) is 5.57 Å². The normalized spacial score (nSPS) is 55.5. The summed E-state index contributed by atoms with van der Waals surface area (Å²) in [6, 6.07) is 1.17. The highest BCUT2D eigenvalue weighted by molar-refractivity contribution is 5.20. The molecular formula is C16H29N. The van der Waals surface area contributed by atoms with Gasteiger partial charge < -0.3 is 5.32 Å². The van der Waals surface area contributed by atoms with Crippen LogP contribution in [0.5, 0.6) is 0 Å². The molecule has 17 heavy (non-hydrogen) atoms. The molecule has 2 rings (SSSR count). The maximum atomic E-state index is 4.40. The quantitative estimate of drug-likeness (QED) is 0.631. The number of rotatable bonds is 0. The Morgan fingerprint density at radius 1 is 0.824 bits per heavy atom. The molecule has 2 aliphatic rings. The number of nitrogens with one attached hydrogen (secondary N) is 1. The van der Waals surface area contributed by atoms with E-state index in [1.807, 2.05) is 0 Å². The summed E-state index contributed by atoms with van der Waals surface area (Å²) in [6.45, 7) is 18.8. The lowest BCUT2D eigenvalue weighted by molar-refractivity contribution is 0.0229. The minimum Gasteiger partial charge on any atom is -0.307 e. The fourth-order valence-electron chi connectivity index (χ4n) is 4.22. The van der Waals surface area contributed by atoms with Crippen LogP contribution in [0.25, 0.3) is 0 Å². The zero-order chi connectivity index (χ0) is 12.9. The molecular weight excluding hydrogens is 206 g/mol. The second-order valence-corrected chi connectivity index (χ2v) is 6.81. The van der Waals surface area contributed by atoms with Crippen molar-refractivity contribution in [2.45, 2.75) is 53.6 Å². The third-order valence-electron chi connectivity index (χ3n) is 6.26. The molecule has 1 saturated heterocycles. The maximum absolute atomic E-state index is 4.40. The average Bonchev–Trinajstić information content (AvgIpc) is 2.30. The van der Waals surface area contributed by atoms with Crippen molar-refractivity contribution in [1.29, 1.82) is 0 Å². The molecule has 0 aromatic rings. The molecule has 1 saturated carbocycles. The Morgan fingerprint density at radius 2 is 1.35 bits per heavy atom. The first-order valence-electron chi connectivity index (χ1n) is 7.31. The van der Waals surface area contributed by atoms with E-state index in [2.05, 4.69) is 53.4 Å². The minimum atomic E-state index is 0.553. The van der Waals surface area contributed by atoms with Crippen molar-refractivity contribution < 1.29 is 0 Å². The van der Waals surface area contributed by atoms with Crippen molar-refractivity contribution in [1.82, 2.24) is 5.32 Å². The van der Waals surface area contributed by atoms with E-state index in [0.717, 1.165) is 29.6 Å². The molecule has 1 nitrogen and oxygen atoms in total. The molecule has 0 bridgehead atoms. The molecule has 1 aliphatic carbocycles. The molecule has 1 aliphatic heterocycles. The average molecular weight is 235 g/mol. The minimum absolute atomic E-state index is 0.553. The second kappa shape index (κ2) is 4.42. The van der Waals surface area contributed by atoms with E-state index >= 15 is 0 Å². The lowest BCUT2D eigenvalue weighted by Gasteiger charge is -2.54. The molecule has 0 spiro atoms. The maximum Gasteiger partial charge on any atom is 0.0315 e. The fourth-order valence-corrected chi connectivity index (χ4v) is 4.22. The zero-order valence-electron chi connectivity index (χ0n) is 12.3. The highest BCUT2D eigenvalue weighted by atomic mass is 15.0. The van der Waals surface area contributed by atoms with Gasteiger partial charge in [-0.1, -0.05) is 46.8 Å². The molecule has 0 amide bonds. The highest BCUT2D eigenvalue weighted by Crippen LogP contribution is 2.48. The van der Waals surface area contributed by atoms with E-state index in [9.17, 15) is 0 Å². The lowest BCUT2D eigenvalue weighted by Crippen LogP contribution is -2.60. The molecule has 1 heteroatoms. The summed E-state index contributed by atoms with van der Waals surface area (Å²) >= 11 is 0. The van der Waals surface area contributed by atoms with Crippen LogP contribution in [0, 0.1) is 35.5 Å². The van der Waals surface area contributed by atoms with Gasteiger partial charge in [0.15, 0.2) is 0 Å². The highest BCUT2D eigenvalue weighted by Gasteiger charge is 2.48. The fraction of sp³-hybridized carbons (Fsp3) is 0.875. The molecule has 8 atom stereocenters. The summed E-state index contributed by atoms with van der Waals surface area (Å²) in [5.74, 6) is 4.59. The lowest BCUT2D eigenvalue weighted by atomic mass is 9.57. The first-order chi connectivity index (χ1) is 7.86. The van der Waals surface area contributed by atoms with E-state index in [1.54, 1.807) is 0 Å². The summed E-state index contributed by atoms with van der Waals surface area (Å²) in [5.41, 5.74) is 1.45. The number of fused-ring (bicyclic) bond motifs is 1. The second-order valence-electron chi connectivity index (χ2n) is 6.81. The van der Waals surface area contributed by atoms with Crippen LogP contribution in [0.2, 0.25) is 0 Å². The van der Waals surface area contributed by atoms with Gasteiger partial charge in [-0.2, -0.15) is 0 Å². The van der Waals surface area contributed by atoms with Gasteiger partial charge in [-0.25, -0.2) is 0 Å². The Labute approximate surface area is 107 Å². The SMILES string of the molecule is C=C1C(C)C(C)C(C)C2C1NC(C)C(C)C2C. The third kappa shape index (κ3) is 1.87. The van der Waals surface area contributed by atoms with E-state index in [4.69, 9.17) is 0 Å². The summed E-state index contributed by atoms with van der Waals surface area (Å²) in [5, 5.41) is 3.83. The van der Waals surface area contributed by atoms with Gasteiger partial charge in [0.05, 0.1) is 0 Å². The smallest absolute Gasteiger partial charge is 0.0315 e. The van der Waals surface area contributed by atoms with Crippen molar-refractivity contribution in [2.24, 2.45) is 35.5 Å². The number of piperidine rings is 1. The summed E-state index contributed by atoms with van der Waals surface area (Å²) in [6.07, 6.45) is 0. The molecule has 0 aromatic carbocycles. The monoisotopic (exact) mass is 235 g/mol. The predicted octanol–water partition coefficient (Wildman–Crippen LogP) is 3.71. The molecule has 1 heterocycles. The van der Waals surface area contributed by atoms with Crippen LogP contribution < -0.4 is 5.32 Å². The first kappa shape index (κ1) is 13.1. The van der Waals surface area contributed by atoms with Crippen LogP contribution in [0.4, 0.5) is 0 Å². The van der Waals surface area contributed by atoms with Gasteiger partial charge in [0.1, 0.15) is 0 Å². The van der Waals surface area contributed by atoms with Crippen LogP contribution in [-0.2, 0) is 0 Å². The van der Waals surface area contributed by atoms with Crippen molar-refractivity contribution in [3.63, 3.8) is 0 Å². The molecule has 2 fully saturated rings. The van der Waals surface area contributed by atoms with Gasteiger partial charge in [-0.15, -0.1) is 0 Å². The van der Waals surface area contributed by atoms with Crippen molar-refractivity contribution >= 4 is 0 Å². The van der Waals surface area contributed by atoms with Gasteiger partial charge in [0.25, 0.3) is 0 Å². The molecule has 0 radical (unpaired) electrons. The van der Waals surface area contributed by atoms with E-state index < -0.39 is 0 Å². The van der Waals surface area contributed by atoms with Crippen molar-refractivity contribution in [3.05, 3.63) is 12.2 Å². The van der Waals surface area contributed by atoms with Crippen LogP contribution in [0.3, 0.4) is 0 Å². The summed E-state index contributed by atoms with van der Waals surface area (Å²) in [4.78, 5) is 0. The van der Waals surface area contributed by atoms with Crippen LogP contribution in [0.1, 0.15) is 41.5 Å². The summed E-state index contributed by atoms with van der Waals surface area (Å²) < 4.78 is 0. The van der Waals surface area contributed by atoms with Crippen molar-refractivity contribution in [2.75, 3.05) is 0 Å². The first-order valence-corrected chi connectivity index (χ1v) is 7.31. The Kier molecular flexibility index (Phi) is 3.42. The van der Waals surface area contributed by atoms with Crippen LogP contribution in [-0.4, -0.2) is 12.1 Å². The number of hydrogen-bond acceptors (Lipinski definition) is 1. The molecule has 1 N–H and O–H groups in total. The van der Waals surface area contributed by atoms with Crippen molar-refractivity contribution in [3.8, 4) is 0 Å². The Hall–Kier alpha value is -0.300. The molecule has 98 valence electrons. The van der Waals surface area contributed by atoms with Gasteiger partial charge in [-0.3, -0.25) is 0 Å². The predicted molar refractivity (Wildman–Crippen MR) is 74.8 cm³/mol. The van der Waals surface area contributed by atoms with Gasteiger partial charge in [-0.05, 0) is 42.4 Å². The molecule has 8 unspecified atom stereocenters. The van der Waals surface area contributed by atoms with Gasteiger partial charge in [0, 0.05) is 12.1 Å². The van der Waals surface area contributed by atoms with Gasteiger partial charge in [0.2, 0.25) is 0 Å². The summed E-state index contributed by atoms with van der Waals surface area (Å²) in [7, 11) is 0. The largest absolute Gasteiger partial charge is 0.307 e. The van der Waals surface area contributed by atoms with Crippen LogP contribution in [0.15, 0.2) is 12.2 Å². The van der Waals surface area contributed by atoms with Gasteiger partial charge >= 0.3 is 0 Å². The Balaban J connectivity index is 2.31. The third-order valence-corrected chi connectivity index (χ3v) is 6.26.